The van der Waals surface area contributed by atoms with Gasteiger partial charge in [0.05, 0.1) is 30.7 Å². The summed E-state index contributed by atoms with van der Waals surface area (Å²) in [6, 6.07) is 15.4. The number of fused-ring (bicyclic) bond motifs is 2. The van der Waals surface area contributed by atoms with E-state index in [0.29, 0.717) is 28.0 Å². The number of aryl methyl sites for hydroxylation is 1. The number of para-hydroxylation sites is 1. The van der Waals surface area contributed by atoms with Gasteiger partial charge in [0.15, 0.2) is 0 Å². The predicted molar refractivity (Wildman–Crippen MR) is 122 cm³/mol. The molecule has 0 saturated heterocycles. The lowest BCUT2D eigenvalue weighted by Gasteiger charge is -2.12. The van der Waals surface area contributed by atoms with Crippen LogP contribution >= 0.6 is 0 Å². The first kappa shape index (κ1) is 19.6. The van der Waals surface area contributed by atoms with Gasteiger partial charge in [-0.3, -0.25) is 14.5 Å². The van der Waals surface area contributed by atoms with Crippen LogP contribution in [0, 0.1) is 11.3 Å². The minimum atomic E-state index is -0.384. The van der Waals surface area contributed by atoms with Crippen molar-refractivity contribution in [2.24, 2.45) is 7.05 Å². The molecule has 158 valence electrons. The summed E-state index contributed by atoms with van der Waals surface area (Å²) in [5, 5.41) is 10.8. The number of rotatable bonds is 5. The van der Waals surface area contributed by atoms with E-state index in [4.69, 9.17) is 10.00 Å². The number of amides is 2. The number of aromatic nitrogens is 2. The molecule has 0 saturated carbocycles. The second-order valence-corrected chi connectivity index (χ2v) is 7.70. The van der Waals surface area contributed by atoms with E-state index in [0.717, 1.165) is 21.8 Å². The van der Waals surface area contributed by atoms with Crippen molar-refractivity contribution in [2.45, 2.75) is 6.42 Å². The summed E-state index contributed by atoms with van der Waals surface area (Å²) in [7, 11) is 3.51. The maximum atomic E-state index is 13.5. The van der Waals surface area contributed by atoms with E-state index in [1.807, 2.05) is 66.3 Å². The number of hydrogen-bond acceptors (Lipinski definition) is 4. The van der Waals surface area contributed by atoms with Crippen LogP contribution in [-0.4, -0.2) is 39.9 Å². The normalized spacial score (nSPS) is 14.1. The minimum Gasteiger partial charge on any atom is -0.497 e. The van der Waals surface area contributed by atoms with E-state index in [9.17, 15) is 9.59 Å². The van der Waals surface area contributed by atoms with Crippen LogP contribution in [0.1, 0.15) is 17.5 Å². The quantitative estimate of drug-likeness (QED) is 0.493. The molecule has 0 radical (unpaired) electrons. The summed E-state index contributed by atoms with van der Waals surface area (Å²) >= 11 is 0. The van der Waals surface area contributed by atoms with Crippen LogP contribution in [0.3, 0.4) is 0 Å². The third-order valence-electron chi connectivity index (χ3n) is 5.94. The first-order valence-corrected chi connectivity index (χ1v) is 10.2. The van der Waals surface area contributed by atoms with Crippen molar-refractivity contribution >= 4 is 44.8 Å². The number of hydrogen-bond donors (Lipinski definition) is 1. The third kappa shape index (κ3) is 2.81. The van der Waals surface area contributed by atoms with Crippen molar-refractivity contribution in [2.75, 3.05) is 13.7 Å². The Morgan fingerprint density at radius 3 is 2.53 bits per heavy atom. The average Bonchev–Trinajstić information content (AvgIpc) is 3.44. The molecule has 5 rings (SSSR count). The molecule has 0 atom stereocenters. The fourth-order valence-corrected chi connectivity index (χ4v) is 4.42. The highest BCUT2D eigenvalue weighted by atomic mass is 16.5. The molecule has 0 unspecified atom stereocenters. The number of nitrogens with zero attached hydrogens (tertiary/aromatic N) is 3. The van der Waals surface area contributed by atoms with Gasteiger partial charge in [0.2, 0.25) is 0 Å². The largest absolute Gasteiger partial charge is 0.497 e. The monoisotopic (exact) mass is 424 g/mol. The number of methoxy groups -OCH3 is 1. The van der Waals surface area contributed by atoms with Gasteiger partial charge in [-0.2, -0.15) is 5.26 Å². The number of benzene rings is 2. The molecule has 2 aromatic heterocycles. The Hall–Kier alpha value is -4.31. The number of aromatic amines is 1. The Labute approximate surface area is 184 Å². The number of ether oxygens (including phenoxy) is 1. The van der Waals surface area contributed by atoms with Crippen LogP contribution in [0.5, 0.6) is 5.75 Å². The summed E-state index contributed by atoms with van der Waals surface area (Å²) in [6.45, 7) is 0.0576. The number of nitriles is 1. The van der Waals surface area contributed by atoms with Gasteiger partial charge in [0.25, 0.3) is 11.8 Å². The van der Waals surface area contributed by atoms with E-state index in [2.05, 4.69) is 4.98 Å². The van der Waals surface area contributed by atoms with Gasteiger partial charge >= 0.3 is 0 Å². The molecule has 7 nitrogen and oxygen atoms in total. The molecule has 4 aromatic rings. The summed E-state index contributed by atoms with van der Waals surface area (Å²) in [5.74, 6) is -0.0667. The smallest absolute Gasteiger partial charge is 0.262 e. The number of H-pyrrole nitrogens is 1. The van der Waals surface area contributed by atoms with E-state index in [1.165, 1.54) is 4.90 Å². The molecular weight excluding hydrogens is 404 g/mol. The summed E-state index contributed by atoms with van der Waals surface area (Å²) in [5.41, 5.74) is 3.85. The zero-order chi connectivity index (χ0) is 22.4. The number of carbonyl (C=O) groups is 2. The van der Waals surface area contributed by atoms with Gasteiger partial charge in [0, 0.05) is 65.0 Å². The van der Waals surface area contributed by atoms with Gasteiger partial charge < -0.3 is 14.3 Å². The molecular formula is C25H20N4O3. The number of imide groups is 1. The van der Waals surface area contributed by atoms with Gasteiger partial charge in [-0.25, -0.2) is 0 Å². The first-order chi connectivity index (χ1) is 15.5. The molecule has 2 amide bonds. The molecule has 0 fully saturated rings. The topological polar surface area (TPSA) is 91.1 Å². The van der Waals surface area contributed by atoms with Crippen LogP contribution in [0.2, 0.25) is 0 Å². The van der Waals surface area contributed by atoms with Gasteiger partial charge in [-0.1, -0.05) is 18.2 Å². The molecule has 0 aliphatic carbocycles. The van der Waals surface area contributed by atoms with Crippen LogP contribution in [0.15, 0.2) is 54.9 Å². The minimum absolute atomic E-state index is 0.0576. The Morgan fingerprint density at radius 1 is 1.03 bits per heavy atom. The Balaban J connectivity index is 1.79. The van der Waals surface area contributed by atoms with Gasteiger partial charge in [-0.15, -0.1) is 0 Å². The molecule has 0 bridgehead atoms. The van der Waals surface area contributed by atoms with Crippen LogP contribution in [-0.2, 0) is 16.6 Å². The zero-order valence-corrected chi connectivity index (χ0v) is 17.7. The molecule has 2 aromatic carbocycles. The van der Waals surface area contributed by atoms with Crippen molar-refractivity contribution in [1.29, 1.82) is 5.26 Å². The molecule has 7 heteroatoms. The molecule has 0 spiro atoms. The fraction of sp³-hybridized carbons (Fsp3) is 0.160. The maximum Gasteiger partial charge on any atom is 0.262 e. The summed E-state index contributed by atoms with van der Waals surface area (Å²) in [4.78, 5) is 31.4. The average molecular weight is 424 g/mol. The Kier molecular flexibility index (Phi) is 4.56. The van der Waals surface area contributed by atoms with Gasteiger partial charge in [0.1, 0.15) is 5.75 Å². The predicted octanol–water partition coefficient (Wildman–Crippen LogP) is 3.86. The lowest BCUT2D eigenvalue weighted by Crippen LogP contribution is -2.32. The zero-order valence-electron chi connectivity index (χ0n) is 17.7. The third-order valence-corrected chi connectivity index (χ3v) is 5.94. The Morgan fingerprint density at radius 2 is 1.78 bits per heavy atom. The van der Waals surface area contributed by atoms with Crippen LogP contribution in [0.25, 0.3) is 33.0 Å². The fourth-order valence-electron chi connectivity index (χ4n) is 4.42. The highest BCUT2D eigenvalue weighted by Crippen LogP contribution is 2.41. The number of nitrogens with one attached hydrogen (secondary N) is 1. The second kappa shape index (κ2) is 7.43. The van der Waals surface area contributed by atoms with E-state index in [1.54, 1.807) is 13.3 Å². The van der Waals surface area contributed by atoms with Crippen molar-refractivity contribution in [1.82, 2.24) is 14.5 Å². The lowest BCUT2D eigenvalue weighted by atomic mass is 9.95. The van der Waals surface area contributed by atoms with Crippen LogP contribution < -0.4 is 4.74 Å². The van der Waals surface area contributed by atoms with Crippen molar-refractivity contribution in [3.05, 3.63) is 66.0 Å². The highest BCUT2D eigenvalue weighted by Gasteiger charge is 2.41. The van der Waals surface area contributed by atoms with E-state index >= 15 is 0 Å². The van der Waals surface area contributed by atoms with Crippen molar-refractivity contribution in [3.63, 3.8) is 0 Å². The van der Waals surface area contributed by atoms with E-state index < -0.39 is 0 Å². The molecule has 3 heterocycles. The Bertz CT molecular complexity index is 1480. The van der Waals surface area contributed by atoms with E-state index in [-0.39, 0.29) is 24.8 Å². The van der Waals surface area contributed by atoms with Crippen LogP contribution in [0.4, 0.5) is 0 Å². The molecule has 32 heavy (non-hydrogen) atoms. The number of carbonyl (C=O) groups excluding carboxylic acids is 2. The van der Waals surface area contributed by atoms with Crippen molar-refractivity contribution in [3.8, 4) is 11.8 Å². The van der Waals surface area contributed by atoms with Crippen molar-refractivity contribution < 1.29 is 14.3 Å². The molecule has 1 aliphatic rings. The second-order valence-electron chi connectivity index (χ2n) is 7.70. The summed E-state index contributed by atoms with van der Waals surface area (Å²) in [6.07, 6.45) is 3.72. The molecule has 1 aliphatic heterocycles. The lowest BCUT2D eigenvalue weighted by molar-refractivity contribution is -0.135. The first-order valence-electron chi connectivity index (χ1n) is 10.2. The maximum absolute atomic E-state index is 13.5. The standard InChI is InChI=1S/C25H20N4O3/c1-28-14-19(17-6-3-4-7-21(17)28)23-22(24(30)29(25(23)31)11-5-10-26)18-13-27-20-12-15(32-2)8-9-16(18)20/h3-4,6-9,12-14,27H,5,11H2,1-2H3. The molecule has 1 N–H and O–H groups in total. The highest BCUT2D eigenvalue weighted by molar-refractivity contribution is 6.50. The van der Waals surface area contributed by atoms with Gasteiger partial charge in [-0.05, 0) is 18.2 Å². The summed E-state index contributed by atoms with van der Waals surface area (Å²) < 4.78 is 7.25. The SMILES string of the molecule is COc1ccc2c(C3=C(c4cn(C)c5ccccc45)C(=O)N(CCC#N)C3=O)c[nH]c2c1.